The average molecular weight is 317 g/mol. The highest BCUT2D eigenvalue weighted by Crippen LogP contribution is 2.32. The molecule has 23 heavy (non-hydrogen) atoms. The van der Waals surface area contributed by atoms with Gasteiger partial charge in [-0.2, -0.15) is 5.10 Å². The normalized spacial score (nSPS) is 13.8. The predicted molar refractivity (Wildman–Crippen MR) is 92.0 cm³/mol. The molecule has 1 heterocycles. The summed E-state index contributed by atoms with van der Waals surface area (Å²) in [6.07, 6.45) is 3.90. The number of aromatic nitrogens is 2. The van der Waals surface area contributed by atoms with Gasteiger partial charge >= 0.3 is 0 Å². The molecule has 0 bridgehead atoms. The molecule has 0 unspecified atom stereocenters. The van der Waals surface area contributed by atoms with Crippen molar-refractivity contribution in [1.82, 2.24) is 15.1 Å². The zero-order chi connectivity index (χ0) is 16.8. The second-order valence-corrected chi connectivity index (χ2v) is 6.01. The maximum atomic E-state index is 5.95. The maximum absolute atomic E-state index is 5.95. The highest BCUT2D eigenvalue weighted by atomic mass is 16.5. The van der Waals surface area contributed by atoms with Gasteiger partial charge in [0.05, 0.1) is 19.3 Å². The summed E-state index contributed by atoms with van der Waals surface area (Å²) in [5.41, 5.74) is 1.09. The summed E-state index contributed by atoms with van der Waals surface area (Å²) in [5.74, 6) is 1.59. The molecule has 1 aromatic heterocycles. The third-order valence-corrected chi connectivity index (χ3v) is 3.91. The summed E-state index contributed by atoms with van der Waals surface area (Å²) in [4.78, 5) is 0. The molecule has 0 saturated carbocycles. The Bertz CT molecular complexity index is 596. The zero-order valence-electron chi connectivity index (χ0n) is 14.6. The Balaban J connectivity index is 2.07. The van der Waals surface area contributed by atoms with E-state index in [2.05, 4.69) is 30.3 Å². The monoisotopic (exact) mass is 317 g/mol. The number of hydrogen-bond donors (Lipinski definition) is 1. The second-order valence-electron chi connectivity index (χ2n) is 6.01. The SMILES string of the molecule is COc1cccc(CN[C@@H](C)[C@H](C)n2cccn2)c1OC(C)C. The van der Waals surface area contributed by atoms with Crippen LogP contribution in [0.2, 0.25) is 0 Å². The third kappa shape index (κ3) is 4.48. The summed E-state index contributed by atoms with van der Waals surface area (Å²) >= 11 is 0. The summed E-state index contributed by atoms with van der Waals surface area (Å²) in [5, 5.41) is 7.86. The van der Waals surface area contributed by atoms with E-state index in [0.29, 0.717) is 6.54 Å². The van der Waals surface area contributed by atoms with E-state index in [1.165, 1.54) is 0 Å². The largest absolute Gasteiger partial charge is 0.493 e. The third-order valence-electron chi connectivity index (χ3n) is 3.91. The number of hydrogen-bond acceptors (Lipinski definition) is 4. The van der Waals surface area contributed by atoms with Gasteiger partial charge < -0.3 is 14.8 Å². The van der Waals surface area contributed by atoms with Gasteiger partial charge in [-0.15, -0.1) is 0 Å². The Labute approximate surface area is 138 Å². The fraction of sp³-hybridized carbons (Fsp3) is 0.500. The van der Waals surface area contributed by atoms with E-state index in [1.807, 2.05) is 42.9 Å². The van der Waals surface area contributed by atoms with Crippen molar-refractivity contribution in [3.05, 3.63) is 42.2 Å². The van der Waals surface area contributed by atoms with Crippen LogP contribution >= 0.6 is 0 Å². The van der Waals surface area contributed by atoms with Crippen LogP contribution in [0.15, 0.2) is 36.7 Å². The molecular formula is C18H27N3O2. The quantitative estimate of drug-likeness (QED) is 0.810. The van der Waals surface area contributed by atoms with E-state index in [4.69, 9.17) is 9.47 Å². The molecule has 0 amide bonds. The van der Waals surface area contributed by atoms with E-state index in [0.717, 1.165) is 17.1 Å². The number of benzene rings is 1. The van der Waals surface area contributed by atoms with E-state index >= 15 is 0 Å². The van der Waals surface area contributed by atoms with E-state index in [1.54, 1.807) is 13.3 Å². The van der Waals surface area contributed by atoms with Gasteiger partial charge in [0.2, 0.25) is 0 Å². The Morgan fingerprint density at radius 2 is 1.96 bits per heavy atom. The minimum Gasteiger partial charge on any atom is -0.493 e. The summed E-state index contributed by atoms with van der Waals surface area (Å²) < 4.78 is 13.4. The Morgan fingerprint density at radius 1 is 1.17 bits per heavy atom. The molecule has 0 radical (unpaired) electrons. The van der Waals surface area contributed by atoms with Crippen molar-refractivity contribution >= 4 is 0 Å². The van der Waals surface area contributed by atoms with E-state index in [-0.39, 0.29) is 18.2 Å². The van der Waals surface area contributed by atoms with Crippen molar-refractivity contribution in [2.45, 2.75) is 52.4 Å². The van der Waals surface area contributed by atoms with Crippen LogP contribution in [0.1, 0.15) is 39.3 Å². The molecule has 5 nitrogen and oxygen atoms in total. The number of nitrogens with one attached hydrogen (secondary N) is 1. The molecule has 0 spiro atoms. The van der Waals surface area contributed by atoms with Gasteiger partial charge in [0.15, 0.2) is 11.5 Å². The van der Waals surface area contributed by atoms with Gasteiger partial charge in [-0.3, -0.25) is 4.68 Å². The van der Waals surface area contributed by atoms with Crippen molar-refractivity contribution in [1.29, 1.82) is 0 Å². The lowest BCUT2D eigenvalue weighted by molar-refractivity contribution is 0.226. The topological polar surface area (TPSA) is 48.3 Å². The number of nitrogens with zero attached hydrogens (tertiary/aromatic N) is 2. The lowest BCUT2D eigenvalue weighted by Crippen LogP contribution is -2.33. The average Bonchev–Trinajstić information content (AvgIpc) is 3.06. The molecule has 2 atom stereocenters. The first-order chi connectivity index (χ1) is 11.0. The van der Waals surface area contributed by atoms with Crippen LogP contribution < -0.4 is 14.8 Å². The molecule has 1 aromatic carbocycles. The van der Waals surface area contributed by atoms with E-state index < -0.39 is 0 Å². The summed E-state index contributed by atoms with van der Waals surface area (Å²) in [7, 11) is 1.67. The summed E-state index contributed by atoms with van der Waals surface area (Å²) in [6, 6.07) is 8.47. The van der Waals surface area contributed by atoms with Crippen LogP contribution in [-0.4, -0.2) is 29.0 Å². The highest BCUT2D eigenvalue weighted by Gasteiger charge is 2.16. The van der Waals surface area contributed by atoms with Crippen LogP contribution in [0.4, 0.5) is 0 Å². The zero-order valence-corrected chi connectivity index (χ0v) is 14.6. The van der Waals surface area contributed by atoms with Crippen LogP contribution in [0.3, 0.4) is 0 Å². The van der Waals surface area contributed by atoms with Crippen molar-refractivity contribution in [3.8, 4) is 11.5 Å². The first-order valence-corrected chi connectivity index (χ1v) is 8.08. The first-order valence-electron chi connectivity index (χ1n) is 8.08. The molecule has 126 valence electrons. The van der Waals surface area contributed by atoms with Gasteiger partial charge in [-0.1, -0.05) is 12.1 Å². The molecular weight excluding hydrogens is 290 g/mol. The number of ether oxygens (including phenoxy) is 2. The molecule has 0 saturated heterocycles. The number of rotatable bonds is 8. The van der Waals surface area contributed by atoms with Crippen LogP contribution in [-0.2, 0) is 6.54 Å². The van der Waals surface area contributed by atoms with Gasteiger partial charge in [-0.05, 0) is 39.8 Å². The lowest BCUT2D eigenvalue weighted by Gasteiger charge is -2.23. The van der Waals surface area contributed by atoms with Crippen LogP contribution in [0.25, 0.3) is 0 Å². The first kappa shape index (κ1) is 17.3. The minimum absolute atomic E-state index is 0.102. The van der Waals surface area contributed by atoms with Gasteiger partial charge in [-0.25, -0.2) is 0 Å². The molecule has 2 rings (SSSR count). The smallest absolute Gasteiger partial charge is 0.166 e. The standard InChI is InChI=1S/C18H27N3O2/c1-13(2)23-18-16(8-6-9-17(18)22-5)12-19-14(3)15(4)21-11-7-10-20-21/h6-11,13-15,19H,12H2,1-5H3/t14-,15-/m0/s1. The number of methoxy groups -OCH3 is 1. The Morgan fingerprint density at radius 3 is 2.57 bits per heavy atom. The van der Waals surface area contributed by atoms with Gasteiger partial charge in [0, 0.05) is 30.5 Å². The predicted octanol–water partition coefficient (Wildman–Crippen LogP) is 3.42. The van der Waals surface area contributed by atoms with Crippen LogP contribution in [0, 0.1) is 0 Å². The molecule has 2 aromatic rings. The second kappa shape index (κ2) is 8.02. The fourth-order valence-electron chi connectivity index (χ4n) is 2.42. The Kier molecular flexibility index (Phi) is 6.04. The van der Waals surface area contributed by atoms with Crippen molar-refractivity contribution < 1.29 is 9.47 Å². The molecule has 5 heteroatoms. The summed E-state index contributed by atoms with van der Waals surface area (Å²) in [6.45, 7) is 9.07. The number of para-hydroxylation sites is 1. The fourth-order valence-corrected chi connectivity index (χ4v) is 2.42. The Hall–Kier alpha value is -2.01. The molecule has 1 N–H and O–H groups in total. The molecule has 0 fully saturated rings. The minimum atomic E-state index is 0.102. The van der Waals surface area contributed by atoms with E-state index in [9.17, 15) is 0 Å². The molecule has 0 aliphatic heterocycles. The highest BCUT2D eigenvalue weighted by molar-refractivity contribution is 5.46. The van der Waals surface area contributed by atoms with Crippen molar-refractivity contribution in [3.63, 3.8) is 0 Å². The lowest BCUT2D eigenvalue weighted by atomic mass is 10.1. The van der Waals surface area contributed by atoms with Crippen molar-refractivity contribution in [2.75, 3.05) is 7.11 Å². The molecule has 0 aliphatic carbocycles. The molecule has 0 aliphatic rings. The van der Waals surface area contributed by atoms with Gasteiger partial charge in [0.1, 0.15) is 0 Å². The van der Waals surface area contributed by atoms with Gasteiger partial charge in [0.25, 0.3) is 0 Å². The maximum Gasteiger partial charge on any atom is 0.166 e. The van der Waals surface area contributed by atoms with Crippen LogP contribution in [0.5, 0.6) is 11.5 Å². The van der Waals surface area contributed by atoms with Crippen molar-refractivity contribution in [2.24, 2.45) is 0 Å².